The molecule has 2 saturated heterocycles. The van der Waals surface area contributed by atoms with Gasteiger partial charge >= 0.3 is 0 Å². The second kappa shape index (κ2) is 7.42. The molecule has 2 aliphatic heterocycles. The first-order valence-electron chi connectivity index (χ1n) is 8.93. The number of rotatable bonds is 4. The van der Waals surface area contributed by atoms with Crippen LogP contribution in [0.5, 0.6) is 0 Å². The van der Waals surface area contributed by atoms with E-state index in [4.69, 9.17) is 9.26 Å². The minimum atomic E-state index is -0.333. The average Bonchev–Trinajstić information content (AvgIpc) is 3.25. The van der Waals surface area contributed by atoms with E-state index in [0.29, 0.717) is 37.8 Å². The number of nitrogens with zero attached hydrogens (tertiary/aromatic N) is 5. The highest BCUT2D eigenvalue weighted by Gasteiger charge is 2.40. The smallest absolute Gasteiger partial charge is 0.246 e. The van der Waals surface area contributed by atoms with E-state index < -0.39 is 0 Å². The fourth-order valence-electron chi connectivity index (χ4n) is 3.67. The van der Waals surface area contributed by atoms with E-state index in [1.165, 1.54) is 17.1 Å². The normalized spacial score (nSPS) is 21.3. The molecule has 140 valence electrons. The summed E-state index contributed by atoms with van der Waals surface area (Å²) in [6.07, 6.45) is 4.11. The van der Waals surface area contributed by atoms with Gasteiger partial charge in [0.15, 0.2) is 5.82 Å². The third-order valence-electron chi connectivity index (χ3n) is 5.15. The second-order valence-corrected chi connectivity index (χ2v) is 7.73. The van der Waals surface area contributed by atoms with Crippen LogP contribution in [0.2, 0.25) is 0 Å². The predicted octanol–water partition coefficient (Wildman–Crippen LogP) is 1.62. The van der Waals surface area contributed by atoms with Crippen LogP contribution in [0.3, 0.4) is 0 Å². The van der Waals surface area contributed by atoms with Crippen LogP contribution in [-0.4, -0.2) is 62.1 Å². The van der Waals surface area contributed by atoms with Gasteiger partial charge in [-0.1, -0.05) is 5.16 Å². The molecule has 9 heteroatoms. The molecular weight excluding hydrogens is 354 g/mol. The lowest BCUT2D eigenvalue weighted by Crippen LogP contribution is -2.47. The second-order valence-electron chi connectivity index (χ2n) is 7.07. The Bertz CT molecular complexity index is 739. The van der Waals surface area contributed by atoms with Crippen molar-refractivity contribution in [1.29, 1.82) is 0 Å². The SMILES string of the molecule is Cc1noc(CN2CCOC3(CCN(Cc4cnsc4)CC3)CC2=O)n1. The van der Waals surface area contributed by atoms with E-state index in [9.17, 15) is 4.79 Å². The average molecular weight is 377 g/mol. The van der Waals surface area contributed by atoms with Gasteiger partial charge in [-0.2, -0.15) is 4.98 Å². The number of aryl methyl sites for hydroxylation is 1. The molecule has 0 aromatic carbocycles. The van der Waals surface area contributed by atoms with E-state index in [1.54, 1.807) is 11.8 Å². The van der Waals surface area contributed by atoms with Gasteiger partial charge in [0.25, 0.3) is 0 Å². The van der Waals surface area contributed by atoms with Crippen LogP contribution in [0.25, 0.3) is 0 Å². The zero-order valence-corrected chi connectivity index (χ0v) is 15.7. The largest absolute Gasteiger partial charge is 0.373 e. The Morgan fingerprint density at radius 3 is 2.81 bits per heavy atom. The number of piperidine rings is 1. The molecule has 2 aromatic rings. The number of carbonyl (C=O) groups excluding carboxylic acids is 1. The van der Waals surface area contributed by atoms with Crippen LogP contribution in [0.4, 0.5) is 0 Å². The fraction of sp³-hybridized carbons (Fsp3) is 0.647. The zero-order chi connectivity index (χ0) is 18.0. The molecule has 1 spiro atoms. The van der Waals surface area contributed by atoms with Gasteiger partial charge in [0, 0.05) is 37.8 Å². The predicted molar refractivity (Wildman–Crippen MR) is 94.4 cm³/mol. The summed E-state index contributed by atoms with van der Waals surface area (Å²) in [5, 5.41) is 5.88. The van der Waals surface area contributed by atoms with Crippen molar-refractivity contribution in [3.05, 3.63) is 28.9 Å². The topological polar surface area (TPSA) is 84.6 Å². The van der Waals surface area contributed by atoms with Gasteiger partial charge in [-0.05, 0) is 36.9 Å². The molecule has 1 amide bonds. The number of aromatic nitrogens is 3. The van der Waals surface area contributed by atoms with Crippen molar-refractivity contribution in [2.75, 3.05) is 26.2 Å². The molecule has 2 aliphatic rings. The number of hydrogen-bond donors (Lipinski definition) is 0. The Balaban J connectivity index is 1.34. The Morgan fingerprint density at radius 2 is 2.12 bits per heavy atom. The van der Waals surface area contributed by atoms with Crippen molar-refractivity contribution in [3.63, 3.8) is 0 Å². The fourth-order valence-corrected chi connectivity index (χ4v) is 4.20. The van der Waals surface area contributed by atoms with Crippen LogP contribution in [0, 0.1) is 6.92 Å². The van der Waals surface area contributed by atoms with Gasteiger partial charge in [-0.3, -0.25) is 9.69 Å². The minimum Gasteiger partial charge on any atom is -0.373 e. The number of likely N-dealkylation sites (tertiary alicyclic amines) is 1. The van der Waals surface area contributed by atoms with E-state index >= 15 is 0 Å². The molecule has 8 nitrogen and oxygen atoms in total. The van der Waals surface area contributed by atoms with E-state index in [0.717, 1.165) is 32.5 Å². The molecule has 2 fully saturated rings. The van der Waals surface area contributed by atoms with Gasteiger partial charge in [0.2, 0.25) is 11.8 Å². The Morgan fingerprint density at radius 1 is 1.27 bits per heavy atom. The van der Waals surface area contributed by atoms with Crippen molar-refractivity contribution >= 4 is 17.4 Å². The molecule has 26 heavy (non-hydrogen) atoms. The molecular formula is C17H23N5O3S. The Labute approximate surface area is 156 Å². The lowest BCUT2D eigenvalue weighted by atomic mass is 9.87. The van der Waals surface area contributed by atoms with Gasteiger partial charge in [0.1, 0.15) is 6.54 Å². The summed E-state index contributed by atoms with van der Waals surface area (Å²) in [7, 11) is 0. The summed E-state index contributed by atoms with van der Waals surface area (Å²) in [6.45, 7) is 6.03. The molecule has 0 aliphatic carbocycles. The standard InChI is InChI=1S/C17H23N5O3S/c1-13-19-15(25-20-13)11-22-6-7-24-17(8-16(22)23)2-4-21(5-3-17)10-14-9-18-26-12-14/h9,12H,2-8,10-11H2,1H3. The molecule has 0 saturated carbocycles. The third kappa shape index (κ3) is 3.94. The molecule has 2 aromatic heterocycles. The van der Waals surface area contributed by atoms with Gasteiger partial charge in [-0.25, -0.2) is 4.37 Å². The number of ether oxygens (including phenoxy) is 1. The molecule has 0 N–H and O–H groups in total. The molecule has 4 rings (SSSR count). The molecule has 0 bridgehead atoms. The molecule has 0 radical (unpaired) electrons. The highest BCUT2D eigenvalue weighted by atomic mass is 32.1. The number of amides is 1. The minimum absolute atomic E-state index is 0.105. The molecule has 0 unspecified atom stereocenters. The number of hydrogen-bond acceptors (Lipinski definition) is 8. The van der Waals surface area contributed by atoms with Crippen LogP contribution in [0.15, 0.2) is 16.1 Å². The lowest BCUT2D eigenvalue weighted by Gasteiger charge is -2.40. The lowest BCUT2D eigenvalue weighted by molar-refractivity contribution is -0.136. The molecule has 4 heterocycles. The first-order valence-corrected chi connectivity index (χ1v) is 9.77. The van der Waals surface area contributed by atoms with Crippen LogP contribution < -0.4 is 0 Å². The summed E-state index contributed by atoms with van der Waals surface area (Å²) in [5.41, 5.74) is 0.921. The van der Waals surface area contributed by atoms with Crippen LogP contribution in [0.1, 0.15) is 36.5 Å². The monoisotopic (exact) mass is 377 g/mol. The van der Waals surface area contributed by atoms with E-state index in [2.05, 4.69) is 24.8 Å². The van der Waals surface area contributed by atoms with Gasteiger partial charge < -0.3 is 14.2 Å². The van der Waals surface area contributed by atoms with E-state index in [-0.39, 0.29) is 11.5 Å². The van der Waals surface area contributed by atoms with Gasteiger partial charge in [-0.15, -0.1) is 0 Å². The summed E-state index contributed by atoms with van der Waals surface area (Å²) >= 11 is 1.49. The Hall–Kier alpha value is -1.84. The maximum atomic E-state index is 12.8. The summed E-state index contributed by atoms with van der Waals surface area (Å²) in [6, 6.07) is 0. The van der Waals surface area contributed by atoms with Crippen molar-refractivity contribution in [2.45, 2.75) is 44.9 Å². The zero-order valence-electron chi connectivity index (χ0n) is 14.9. The first-order chi connectivity index (χ1) is 12.6. The quantitative estimate of drug-likeness (QED) is 0.800. The summed E-state index contributed by atoms with van der Waals surface area (Å²) in [5.74, 6) is 1.17. The van der Waals surface area contributed by atoms with Crippen molar-refractivity contribution in [3.8, 4) is 0 Å². The van der Waals surface area contributed by atoms with Crippen molar-refractivity contribution in [2.24, 2.45) is 0 Å². The molecule has 0 atom stereocenters. The van der Waals surface area contributed by atoms with Crippen molar-refractivity contribution < 1.29 is 14.1 Å². The summed E-state index contributed by atoms with van der Waals surface area (Å²) in [4.78, 5) is 21.1. The first kappa shape index (κ1) is 17.6. The maximum Gasteiger partial charge on any atom is 0.246 e. The maximum absolute atomic E-state index is 12.8. The highest BCUT2D eigenvalue weighted by molar-refractivity contribution is 7.03. The van der Waals surface area contributed by atoms with Crippen LogP contribution >= 0.6 is 11.5 Å². The van der Waals surface area contributed by atoms with E-state index in [1.807, 2.05) is 6.20 Å². The van der Waals surface area contributed by atoms with Crippen molar-refractivity contribution in [1.82, 2.24) is 24.3 Å². The summed E-state index contributed by atoms with van der Waals surface area (Å²) < 4.78 is 15.5. The highest BCUT2D eigenvalue weighted by Crippen LogP contribution is 2.33. The Kier molecular flexibility index (Phi) is 5.01. The van der Waals surface area contributed by atoms with Gasteiger partial charge in [0.05, 0.1) is 18.6 Å². The number of carbonyl (C=O) groups is 1. The van der Waals surface area contributed by atoms with Crippen LogP contribution in [-0.2, 0) is 22.6 Å². The third-order valence-corrected chi connectivity index (χ3v) is 5.78.